The molecule has 6 nitrogen and oxygen atoms in total. The van der Waals surface area contributed by atoms with Crippen LogP contribution in [0.25, 0.3) is 11.2 Å². The molecular weight excluding hydrogens is 246 g/mol. The second kappa shape index (κ2) is 4.87. The van der Waals surface area contributed by atoms with Crippen molar-refractivity contribution in [3.63, 3.8) is 0 Å². The number of hydrogen-bond donors (Lipinski definition) is 0. The number of nitrogens with zero attached hydrogens (tertiary/aromatic N) is 3. The summed E-state index contributed by atoms with van der Waals surface area (Å²) in [6.07, 6.45) is 4.81. The standard InChI is InChI=1S/C13H15N3O3/c17-11(15-7-2-1-3-8-15)9-16-12-10(19-13(16)18)5-4-6-14-12/h4-6H,1-3,7-9H2. The third-order valence-corrected chi connectivity index (χ3v) is 3.43. The Hall–Kier alpha value is -2.11. The SMILES string of the molecule is O=C(Cn1c(=O)oc2cccnc21)N1CCCCC1. The van der Waals surface area contributed by atoms with Gasteiger partial charge in [-0.1, -0.05) is 0 Å². The summed E-state index contributed by atoms with van der Waals surface area (Å²) in [5, 5.41) is 0. The maximum atomic E-state index is 12.2. The molecule has 1 saturated heterocycles. The summed E-state index contributed by atoms with van der Waals surface area (Å²) in [4.78, 5) is 29.8. The molecule has 0 atom stereocenters. The first-order valence-electron chi connectivity index (χ1n) is 6.48. The maximum absolute atomic E-state index is 12.2. The number of rotatable bonds is 2. The number of pyridine rings is 1. The van der Waals surface area contributed by atoms with Gasteiger partial charge in [-0.05, 0) is 31.4 Å². The molecule has 1 amide bonds. The predicted molar refractivity (Wildman–Crippen MR) is 68.7 cm³/mol. The van der Waals surface area contributed by atoms with Gasteiger partial charge in [-0.3, -0.25) is 4.79 Å². The van der Waals surface area contributed by atoms with E-state index >= 15 is 0 Å². The van der Waals surface area contributed by atoms with Gasteiger partial charge in [-0.15, -0.1) is 0 Å². The van der Waals surface area contributed by atoms with E-state index in [-0.39, 0.29) is 12.5 Å². The van der Waals surface area contributed by atoms with Crippen LogP contribution in [0.4, 0.5) is 0 Å². The van der Waals surface area contributed by atoms with E-state index in [0.717, 1.165) is 25.9 Å². The Bertz CT molecular complexity index is 652. The van der Waals surface area contributed by atoms with Crippen molar-refractivity contribution in [2.45, 2.75) is 25.8 Å². The third kappa shape index (κ3) is 2.25. The molecule has 0 spiro atoms. The van der Waals surface area contributed by atoms with Gasteiger partial charge in [0.05, 0.1) is 0 Å². The van der Waals surface area contributed by atoms with Crippen LogP contribution in [0.15, 0.2) is 27.5 Å². The van der Waals surface area contributed by atoms with Crippen LogP contribution in [0.1, 0.15) is 19.3 Å². The zero-order valence-corrected chi connectivity index (χ0v) is 10.5. The molecule has 0 aromatic carbocycles. The van der Waals surface area contributed by atoms with Gasteiger partial charge in [0.1, 0.15) is 6.54 Å². The first-order chi connectivity index (χ1) is 9.25. The molecule has 2 aromatic heterocycles. The Morgan fingerprint density at radius 2 is 2.11 bits per heavy atom. The smallest absolute Gasteiger partial charge is 0.406 e. The van der Waals surface area contributed by atoms with Crippen LogP contribution in [0.2, 0.25) is 0 Å². The summed E-state index contributed by atoms with van der Waals surface area (Å²) in [7, 11) is 0. The molecule has 1 fully saturated rings. The second-order valence-corrected chi connectivity index (χ2v) is 4.72. The fraction of sp³-hybridized carbons (Fsp3) is 0.462. The highest BCUT2D eigenvalue weighted by Crippen LogP contribution is 2.12. The Labute approximate surface area is 109 Å². The molecule has 6 heteroatoms. The second-order valence-electron chi connectivity index (χ2n) is 4.72. The van der Waals surface area contributed by atoms with Gasteiger partial charge in [-0.2, -0.15) is 0 Å². The summed E-state index contributed by atoms with van der Waals surface area (Å²) in [6, 6.07) is 3.37. The molecule has 0 N–H and O–H groups in total. The lowest BCUT2D eigenvalue weighted by Gasteiger charge is -2.26. The van der Waals surface area contributed by atoms with E-state index < -0.39 is 5.76 Å². The molecule has 2 aromatic rings. The molecular formula is C13H15N3O3. The van der Waals surface area contributed by atoms with Crippen LogP contribution in [-0.4, -0.2) is 33.4 Å². The zero-order chi connectivity index (χ0) is 13.2. The van der Waals surface area contributed by atoms with Crippen LogP contribution in [0.5, 0.6) is 0 Å². The Kier molecular flexibility index (Phi) is 3.06. The summed E-state index contributed by atoms with van der Waals surface area (Å²) < 4.78 is 6.36. The van der Waals surface area contributed by atoms with Gasteiger partial charge in [0, 0.05) is 19.3 Å². The van der Waals surface area contributed by atoms with Crippen LogP contribution in [0, 0.1) is 0 Å². The Balaban J connectivity index is 1.86. The summed E-state index contributed by atoms with van der Waals surface area (Å²) in [6.45, 7) is 1.55. The van der Waals surface area contributed by atoms with Crippen molar-refractivity contribution in [1.82, 2.24) is 14.5 Å². The van der Waals surface area contributed by atoms with E-state index in [1.54, 1.807) is 23.2 Å². The van der Waals surface area contributed by atoms with E-state index in [2.05, 4.69) is 4.98 Å². The molecule has 3 rings (SSSR count). The van der Waals surface area contributed by atoms with Gasteiger partial charge in [-0.25, -0.2) is 14.3 Å². The molecule has 0 radical (unpaired) electrons. The molecule has 1 aliphatic rings. The number of likely N-dealkylation sites (tertiary alicyclic amines) is 1. The highest BCUT2D eigenvalue weighted by atomic mass is 16.4. The third-order valence-electron chi connectivity index (χ3n) is 3.43. The number of piperidine rings is 1. The van der Waals surface area contributed by atoms with Gasteiger partial charge >= 0.3 is 5.76 Å². The summed E-state index contributed by atoms with van der Waals surface area (Å²) in [5.41, 5.74) is 0.844. The Morgan fingerprint density at radius 3 is 2.89 bits per heavy atom. The predicted octanol–water partition coefficient (Wildman–Crippen LogP) is 1.00. The monoisotopic (exact) mass is 261 g/mol. The first-order valence-corrected chi connectivity index (χ1v) is 6.48. The fourth-order valence-electron chi connectivity index (χ4n) is 2.42. The lowest BCUT2D eigenvalue weighted by atomic mass is 10.1. The fourth-order valence-corrected chi connectivity index (χ4v) is 2.42. The molecule has 0 aliphatic carbocycles. The van der Waals surface area contributed by atoms with Crippen molar-refractivity contribution in [1.29, 1.82) is 0 Å². The van der Waals surface area contributed by atoms with Crippen molar-refractivity contribution in [3.05, 3.63) is 28.9 Å². The zero-order valence-electron chi connectivity index (χ0n) is 10.5. The number of fused-ring (bicyclic) bond motifs is 1. The molecule has 3 heterocycles. The van der Waals surface area contributed by atoms with Crippen LogP contribution in [0.3, 0.4) is 0 Å². The van der Waals surface area contributed by atoms with Crippen molar-refractivity contribution in [2.75, 3.05) is 13.1 Å². The van der Waals surface area contributed by atoms with Gasteiger partial charge < -0.3 is 9.32 Å². The molecule has 1 aliphatic heterocycles. The molecule has 100 valence electrons. The lowest BCUT2D eigenvalue weighted by molar-refractivity contribution is -0.132. The van der Waals surface area contributed by atoms with E-state index in [0.29, 0.717) is 11.2 Å². The number of oxazole rings is 1. The van der Waals surface area contributed by atoms with E-state index in [1.165, 1.54) is 11.0 Å². The minimum absolute atomic E-state index is 0.00282. The van der Waals surface area contributed by atoms with E-state index in [1.807, 2.05) is 0 Å². The summed E-state index contributed by atoms with van der Waals surface area (Å²) >= 11 is 0. The van der Waals surface area contributed by atoms with Gasteiger partial charge in [0.25, 0.3) is 0 Å². The average molecular weight is 261 g/mol. The highest BCUT2D eigenvalue weighted by molar-refractivity contribution is 5.78. The Morgan fingerprint density at radius 1 is 1.32 bits per heavy atom. The molecule has 19 heavy (non-hydrogen) atoms. The molecule has 0 unspecified atom stereocenters. The number of aromatic nitrogens is 2. The topological polar surface area (TPSA) is 68.3 Å². The van der Waals surface area contributed by atoms with Crippen molar-refractivity contribution in [3.8, 4) is 0 Å². The highest BCUT2D eigenvalue weighted by Gasteiger charge is 2.19. The maximum Gasteiger partial charge on any atom is 0.421 e. The largest absolute Gasteiger partial charge is 0.421 e. The molecule has 0 bridgehead atoms. The normalized spacial score (nSPS) is 15.9. The lowest BCUT2D eigenvalue weighted by Crippen LogP contribution is -2.39. The van der Waals surface area contributed by atoms with Gasteiger partial charge in [0.15, 0.2) is 11.2 Å². The van der Waals surface area contributed by atoms with Crippen molar-refractivity contribution >= 4 is 17.1 Å². The first kappa shape index (κ1) is 12.0. The number of amides is 1. The average Bonchev–Trinajstić information content (AvgIpc) is 2.76. The van der Waals surface area contributed by atoms with E-state index in [9.17, 15) is 9.59 Å². The van der Waals surface area contributed by atoms with E-state index in [4.69, 9.17) is 4.42 Å². The quantitative estimate of drug-likeness (QED) is 0.808. The minimum atomic E-state index is -0.529. The minimum Gasteiger partial charge on any atom is -0.406 e. The van der Waals surface area contributed by atoms with Gasteiger partial charge in [0.2, 0.25) is 5.91 Å². The van der Waals surface area contributed by atoms with Crippen LogP contribution in [-0.2, 0) is 11.3 Å². The van der Waals surface area contributed by atoms with Crippen LogP contribution < -0.4 is 5.76 Å². The van der Waals surface area contributed by atoms with Crippen molar-refractivity contribution in [2.24, 2.45) is 0 Å². The number of carbonyl (C=O) groups excluding carboxylic acids is 1. The number of hydrogen-bond acceptors (Lipinski definition) is 4. The van der Waals surface area contributed by atoms with Crippen LogP contribution >= 0.6 is 0 Å². The molecule has 0 saturated carbocycles. The summed E-state index contributed by atoms with van der Waals surface area (Å²) in [5.74, 6) is -0.575. The van der Waals surface area contributed by atoms with Crippen molar-refractivity contribution < 1.29 is 9.21 Å². The number of carbonyl (C=O) groups is 1.